The van der Waals surface area contributed by atoms with E-state index in [1.54, 1.807) is 0 Å². The van der Waals surface area contributed by atoms with Gasteiger partial charge >= 0.3 is 5.97 Å². The van der Waals surface area contributed by atoms with Crippen LogP contribution in [0.15, 0.2) is 0 Å². The lowest BCUT2D eigenvalue weighted by molar-refractivity contribution is -0.150. The predicted molar refractivity (Wildman–Crippen MR) is 80.6 cm³/mol. The lowest BCUT2D eigenvalue weighted by Gasteiger charge is -2.46. The first-order valence-corrected chi connectivity index (χ1v) is 8.01. The highest BCUT2D eigenvalue weighted by atomic mass is 16.4. The zero-order chi connectivity index (χ0) is 15.8. The van der Waals surface area contributed by atoms with Crippen LogP contribution in [0.4, 0.5) is 0 Å². The summed E-state index contributed by atoms with van der Waals surface area (Å²) in [5.74, 6) is -0.404. The first-order chi connectivity index (χ1) is 9.73. The SMILES string of the molecule is CC1C(NC(=O)CC(N)C2CC2)CCC(C(=O)O)C1(C)C. The number of carboxylic acids is 1. The van der Waals surface area contributed by atoms with Gasteiger partial charge in [0.05, 0.1) is 5.92 Å². The topological polar surface area (TPSA) is 92.4 Å². The molecule has 0 bridgehead atoms. The average Bonchev–Trinajstić information content (AvgIpc) is 3.18. The van der Waals surface area contributed by atoms with Gasteiger partial charge in [0, 0.05) is 18.5 Å². The molecule has 0 aromatic carbocycles. The van der Waals surface area contributed by atoms with Crippen LogP contribution in [0.25, 0.3) is 0 Å². The number of hydrogen-bond acceptors (Lipinski definition) is 3. The van der Waals surface area contributed by atoms with Gasteiger partial charge in [0.1, 0.15) is 0 Å². The predicted octanol–water partition coefficient (Wildman–Crippen LogP) is 1.76. The maximum Gasteiger partial charge on any atom is 0.307 e. The third-order valence-electron chi connectivity index (χ3n) is 5.73. The van der Waals surface area contributed by atoms with Crippen LogP contribution in [0.5, 0.6) is 0 Å². The lowest BCUT2D eigenvalue weighted by Crippen LogP contribution is -2.52. The standard InChI is InChI=1S/C16H28N2O3/c1-9-13(7-6-11(15(20)21)16(9,2)3)18-14(19)8-12(17)10-4-5-10/h9-13H,4-8,17H2,1-3H3,(H,18,19)(H,20,21). The highest BCUT2D eigenvalue weighted by molar-refractivity contribution is 5.77. The van der Waals surface area contributed by atoms with Crippen LogP contribution in [0.2, 0.25) is 0 Å². The van der Waals surface area contributed by atoms with E-state index in [0.717, 1.165) is 19.3 Å². The molecule has 0 spiro atoms. The van der Waals surface area contributed by atoms with Crippen LogP contribution in [0, 0.1) is 23.2 Å². The fourth-order valence-corrected chi connectivity index (χ4v) is 3.61. The molecule has 4 atom stereocenters. The molecule has 0 radical (unpaired) electrons. The summed E-state index contributed by atoms with van der Waals surface area (Å²) in [5, 5.41) is 12.4. The summed E-state index contributed by atoms with van der Waals surface area (Å²) in [6.45, 7) is 6.02. The van der Waals surface area contributed by atoms with Crippen molar-refractivity contribution in [3.8, 4) is 0 Å². The zero-order valence-electron chi connectivity index (χ0n) is 13.3. The normalized spacial score (nSPS) is 33.2. The van der Waals surface area contributed by atoms with Crippen LogP contribution in [-0.4, -0.2) is 29.1 Å². The Hall–Kier alpha value is -1.10. The number of carbonyl (C=O) groups excluding carboxylic acids is 1. The number of nitrogens with one attached hydrogen (secondary N) is 1. The minimum Gasteiger partial charge on any atom is -0.481 e. The van der Waals surface area contributed by atoms with Gasteiger partial charge in [-0.25, -0.2) is 0 Å². The first-order valence-electron chi connectivity index (χ1n) is 8.01. The Balaban J connectivity index is 1.92. The van der Waals surface area contributed by atoms with Crippen molar-refractivity contribution in [3.05, 3.63) is 0 Å². The summed E-state index contributed by atoms with van der Waals surface area (Å²) in [5.41, 5.74) is 5.68. The fraction of sp³-hybridized carbons (Fsp3) is 0.875. The van der Waals surface area contributed by atoms with E-state index in [-0.39, 0.29) is 35.2 Å². The van der Waals surface area contributed by atoms with Crippen molar-refractivity contribution in [1.29, 1.82) is 0 Å². The summed E-state index contributed by atoms with van der Waals surface area (Å²) < 4.78 is 0. The Morgan fingerprint density at radius 3 is 2.43 bits per heavy atom. The number of carbonyl (C=O) groups is 2. The second kappa shape index (κ2) is 5.95. The molecule has 2 saturated carbocycles. The second-order valence-corrected chi connectivity index (χ2v) is 7.46. The number of amides is 1. The molecule has 0 saturated heterocycles. The molecular weight excluding hydrogens is 268 g/mol. The van der Waals surface area contributed by atoms with E-state index in [1.165, 1.54) is 0 Å². The third-order valence-corrected chi connectivity index (χ3v) is 5.73. The smallest absolute Gasteiger partial charge is 0.307 e. The van der Waals surface area contributed by atoms with Crippen molar-refractivity contribution in [2.24, 2.45) is 28.9 Å². The van der Waals surface area contributed by atoms with Crippen molar-refractivity contribution < 1.29 is 14.7 Å². The van der Waals surface area contributed by atoms with Crippen molar-refractivity contribution in [2.75, 3.05) is 0 Å². The lowest BCUT2D eigenvalue weighted by atomic mass is 9.61. The molecule has 2 rings (SSSR count). The van der Waals surface area contributed by atoms with Gasteiger partial charge in [0.25, 0.3) is 0 Å². The summed E-state index contributed by atoms with van der Waals surface area (Å²) in [7, 11) is 0. The van der Waals surface area contributed by atoms with Crippen molar-refractivity contribution >= 4 is 11.9 Å². The summed E-state index contributed by atoms with van der Waals surface area (Å²) >= 11 is 0. The van der Waals surface area contributed by atoms with Gasteiger partial charge in [-0.05, 0) is 42.9 Å². The monoisotopic (exact) mass is 296 g/mol. The minimum absolute atomic E-state index is 0.0100. The Morgan fingerprint density at radius 2 is 1.90 bits per heavy atom. The summed E-state index contributed by atoms with van der Waals surface area (Å²) in [6.07, 6.45) is 4.01. The molecule has 4 unspecified atom stereocenters. The highest BCUT2D eigenvalue weighted by Gasteiger charge is 2.46. The number of hydrogen-bond donors (Lipinski definition) is 3. The van der Waals surface area contributed by atoms with Crippen LogP contribution >= 0.6 is 0 Å². The molecule has 21 heavy (non-hydrogen) atoms. The zero-order valence-corrected chi connectivity index (χ0v) is 13.3. The largest absolute Gasteiger partial charge is 0.481 e. The van der Waals surface area contributed by atoms with Crippen molar-refractivity contribution in [2.45, 2.75) is 65.0 Å². The molecule has 1 amide bonds. The van der Waals surface area contributed by atoms with Gasteiger partial charge in [-0.3, -0.25) is 9.59 Å². The Morgan fingerprint density at radius 1 is 1.29 bits per heavy atom. The maximum atomic E-state index is 12.1. The van der Waals surface area contributed by atoms with E-state index in [4.69, 9.17) is 5.73 Å². The van der Waals surface area contributed by atoms with Crippen LogP contribution in [0.1, 0.15) is 52.9 Å². The molecule has 4 N–H and O–H groups in total. The molecule has 0 heterocycles. The molecule has 2 fully saturated rings. The van der Waals surface area contributed by atoms with Gasteiger partial charge in [-0.15, -0.1) is 0 Å². The summed E-state index contributed by atoms with van der Waals surface area (Å²) in [4.78, 5) is 23.5. The van der Waals surface area contributed by atoms with Crippen molar-refractivity contribution in [1.82, 2.24) is 5.32 Å². The Labute approximate surface area is 126 Å². The maximum absolute atomic E-state index is 12.1. The van der Waals surface area contributed by atoms with Gasteiger partial charge in [-0.2, -0.15) is 0 Å². The number of aliphatic carboxylic acids is 1. The summed E-state index contributed by atoms with van der Waals surface area (Å²) in [6, 6.07) is 0.0261. The Bertz CT molecular complexity index is 418. The number of carboxylic acid groups (broad SMARTS) is 1. The molecule has 0 aliphatic heterocycles. The molecule has 2 aliphatic carbocycles. The number of nitrogens with two attached hydrogens (primary N) is 1. The van der Waals surface area contributed by atoms with Crippen LogP contribution in [-0.2, 0) is 9.59 Å². The molecule has 5 nitrogen and oxygen atoms in total. The molecule has 0 aromatic rings. The van der Waals surface area contributed by atoms with E-state index in [9.17, 15) is 14.7 Å². The molecule has 120 valence electrons. The Kier molecular flexibility index (Phi) is 4.61. The van der Waals surface area contributed by atoms with Gasteiger partial charge in [0.15, 0.2) is 0 Å². The van der Waals surface area contributed by atoms with Gasteiger partial charge in [0.2, 0.25) is 5.91 Å². The van der Waals surface area contributed by atoms with Gasteiger partial charge in [-0.1, -0.05) is 20.8 Å². The third kappa shape index (κ3) is 3.57. The molecule has 5 heteroatoms. The van der Waals surface area contributed by atoms with Gasteiger partial charge < -0.3 is 16.2 Å². The van der Waals surface area contributed by atoms with Crippen molar-refractivity contribution in [3.63, 3.8) is 0 Å². The molecule has 2 aliphatic rings. The van der Waals surface area contributed by atoms with Crippen LogP contribution < -0.4 is 11.1 Å². The quantitative estimate of drug-likeness (QED) is 0.720. The van der Waals surface area contributed by atoms with E-state index >= 15 is 0 Å². The van der Waals surface area contributed by atoms with E-state index in [1.807, 2.05) is 20.8 Å². The fourth-order valence-electron chi connectivity index (χ4n) is 3.61. The van der Waals surface area contributed by atoms with Crippen LogP contribution in [0.3, 0.4) is 0 Å². The van der Waals surface area contributed by atoms with E-state index in [0.29, 0.717) is 18.8 Å². The minimum atomic E-state index is -0.729. The highest BCUT2D eigenvalue weighted by Crippen LogP contribution is 2.45. The molecular formula is C16H28N2O3. The first kappa shape index (κ1) is 16.3. The van der Waals surface area contributed by atoms with E-state index in [2.05, 4.69) is 5.32 Å². The molecule has 0 aromatic heterocycles. The number of rotatable bonds is 5. The second-order valence-electron chi connectivity index (χ2n) is 7.46. The van der Waals surface area contributed by atoms with E-state index < -0.39 is 5.97 Å². The average molecular weight is 296 g/mol.